The summed E-state index contributed by atoms with van der Waals surface area (Å²) in [4.78, 5) is 12.1. The molecule has 2 rings (SSSR count). The lowest BCUT2D eigenvalue weighted by Gasteiger charge is -2.26. The topological polar surface area (TPSA) is 84.6 Å². The largest absolute Gasteiger partial charge is 0.489 e. The number of carbonyl (C=O) groups excluding carboxylic acids is 1. The van der Waals surface area contributed by atoms with Crippen LogP contribution in [0.5, 0.6) is 5.75 Å². The van der Waals surface area contributed by atoms with Gasteiger partial charge >= 0.3 is 0 Å². The lowest BCUT2D eigenvalue weighted by atomic mass is 9.85. The highest BCUT2D eigenvalue weighted by Gasteiger charge is 2.25. The van der Waals surface area contributed by atoms with Crippen LogP contribution in [0, 0.1) is 5.92 Å². The van der Waals surface area contributed by atoms with Crippen molar-refractivity contribution in [2.24, 2.45) is 11.7 Å². The molecule has 8 heteroatoms. The van der Waals surface area contributed by atoms with E-state index in [9.17, 15) is 9.90 Å². The minimum absolute atomic E-state index is 0. The number of hydrogen-bond donors (Lipinski definition) is 3. The van der Waals surface area contributed by atoms with Crippen molar-refractivity contribution in [3.8, 4) is 5.75 Å². The molecular weight excluding hydrogens is 375 g/mol. The zero-order valence-electron chi connectivity index (χ0n) is 13.2. The number of rotatable bonds is 6. The number of benzene rings is 1. The van der Waals surface area contributed by atoms with Gasteiger partial charge in [0.1, 0.15) is 23.5 Å². The van der Waals surface area contributed by atoms with E-state index < -0.39 is 6.10 Å². The molecule has 4 N–H and O–H groups in total. The van der Waals surface area contributed by atoms with E-state index in [4.69, 9.17) is 33.7 Å². The first-order chi connectivity index (χ1) is 11.0. The maximum atomic E-state index is 12.1. The third-order valence-electron chi connectivity index (χ3n) is 3.94. The Morgan fingerprint density at radius 3 is 2.88 bits per heavy atom. The number of aliphatic hydroxyl groups excluding tert-OH is 1. The third-order valence-corrected chi connectivity index (χ3v) is 4.75. The summed E-state index contributed by atoms with van der Waals surface area (Å²) in [5, 5.41) is 13.4. The van der Waals surface area contributed by atoms with Crippen molar-refractivity contribution < 1.29 is 14.6 Å². The van der Waals surface area contributed by atoms with Gasteiger partial charge in [-0.3, -0.25) is 4.79 Å². The van der Waals surface area contributed by atoms with Gasteiger partial charge in [-0.05, 0) is 31.4 Å². The first-order valence-corrected chi connectivity index (χ1v) is 8.51. The molecule has 0 saturated heterocycles. The molecule has 0 spiro atoms. The molecule has 1 aromatic carbocycles. The molecule has 1 aliphatic rings. The van der Waals surface area contributed by atoms with Gasteiger partial charge in [0.15, 0.2) is 0 Å². The van der Waals surface area contributed by atoms with Crippen molar-refractivity contribution in [2.75, 3.05) is 13.2 Å². The van der Waals surface area contributed by atoms with Gasteiger partial charge < -0.3 is 20.9 Å². The van der Waals surface area contributed by atoms with E-state index in [-0.39, 0.29) is 43.4 Å². The molecule has 136 valence electrons. The highest BCUT2D eigenvalue weighted by Crippen LogP contribution is 2.31. The van der Waals surface area contributed by atoms with Gasteiger partial charge in [-0.1, -0.05) is 35.7 Å². The fourth-order valence-corrected chi connectivity index (χ4v) is 3.02. The molecule has 3 unspecified atom stereocenters. The van der Waals surface area contributed by atoms with E-state index in [2.05, 4.69) is 5.32 Å². The van der Waals surface area contributed by atoms with E-state index in [1.165, 1.54) is 0 Å². The minimum atomic E-state index is -0.828. The third kappa shape index (κ3) is 6.30. The van der Waals surface area contributed by atoms with Crippen molar-refractivity contribution in [1.82, 2.24) is 5.32 Å². The number of nitrogens with two attached hydrogens (primary N) is 1. The maximum Gasteiger partial charge on any atom is 0.223 e. The van der Waals surface area contributed by atoms with Crippen LogP contribution < -0.4 is 15.8 Å². The van der Waals surface area contributed by atoms with Crippen molar-refractivity contribution in [2.45, 2.75) is 37.8 Å². The summed E-state index contributed by atoms with van der Waals surface area (Å²) < 4.78 is 5.44. The Bertz CT molecular complexity index is 545. The number of carbonyl (C=O) groups is 1. The fraction of sp³-hybridized carbons (Fsp3) is 0.562. The second-order valence-corrected chi connectivity index (χ2v) is 6.67. The molecule has 0 bridgehead atoms. The Labute approximate surface area is 158 Å². The summed E-state index contributed by atoms with van der Waals surface area (Å²) in [6, 6.07) is 5.13. The molecule has 1 fully saturated rings. The number of aliphatic hydroxyl groups is 1. The first kappa shape index (κ1) is 21.3. The van der Waals surface area contributed by atoms with Crippen molar-refractivity contribution >= 4 is 41.5 Å². The molecule has 1 saturated carbocycles. The summed E-state index contributed by atoms with van der Waals surface area (Å²) in [6.07, 6.45) is 2.67. The van der Waals surface area contributed by atoms with E-state index >= 15 is 0 Å². The average Bonchev–Trinajstić information content (AvgIpc) is 2.54. The maximum absolute atomic E-state index is 12.1. The molecule has 1 aromatic rings. The zero-order chi connectivity index (χ0) is 16.8. The predicted molar refractivity (Wildman–Crippen MR) is 98.2 cm³/mol. The van der Waals surface area contributed by atoms with Crippen LogP contribution in [0.15, 0.2) is 18.2 Å². The van der Waals surface area contributed by atoms with Crippen molar-refractivity contribution in [1.29, 1.82) is 0 Å². The van der Waals surface area contributed by atoms with Crippen molar-refractivity contribution in [3.05, 3.63) is 28.2 Å². The number of amides is 1. The van der Waals surface area contributed by atoms with Gasteiger partial charge in [-0.2, -0.15) is 0 Å². The molecule has 5 nitrogen and oxygen atoms in total. The Morgan fingerprint density at radius 2 is 2.17 bits per heavy atom. The summed E-state index contributed by atoms with van der Waals surface area (Å²) in [5.41, 5.74) is 5.88. The number of nitrogens with one attached hydrogen (secondary N) is 1. The number of hydrogen-bond acceptors (Lipinski definition) is 4. The SMILES string of the molecule is Cl.NC1CCCC(C(=O)NCC(O)COc2cccc(Cl)c2Cl)C1. The smallest absolute Gasteiger partial charge is 0.223 e. The van der Waals surface area contributed by atoms with E-state index in [0.717, 1.165) is 19.3 Å². The highest BCUT2D eigenvalue weighted by atomic mass is 35.5. The molecule has 0 heterocycles. The predicted octanol–water partition coefficient (Wildman–Crippen LogP) is 2.79. The van der Waals surface area contributed by atoms with E-state index in [0.29, 0.717) is 22.2 Å². The fourth-order valence-electron chi connectivity index (χ4n) is 2.67. The summed E-state index contributed by atoms with van der Waals surface area (Å²) >= 11 is 11.9. The van der Waals surface area contributed by atoms with Crippen LogP contribution in [0.3, 0.4) is 0 Å². The highest BCUT2D eigenvalue weighted by molar-refractivity contribution is 6.42. The van der Waals surface area contributed by atoms with Gasteiger partial charge in [-0.25, -0.2) is 0 Å². The van der Waals surface area contributed by atoms with Gasteiger partial charge in [0, 0.05) is 18.5 Å². The Hall–Kier alpha value is -0.720. The van der Waals surface area contributed by atoms with E-state index in [1.54, 1.807) is 18.2 Å². The Balaban J connectivity index is 0.00000288. The lowest BCUT2D eigenvalue weighted by Crippen LogP contribution is -2.41. The monoisotopic (exact) mass is 396 g/mol. The van der Waals surface area contributed by atoms with Crippen molar-refractivity contribution in [3.63, 3.8) is 0 Å². The molecule has 24 heavy (non-hydrogen) atoms. The van der Waals surface area contributed by atoms with Gasteiger partial charge in [0.05, 0.1) is 5.02 Å². The molecule has 3 atom stereocenters. The van der Waals surface area contributed by atoms with Crippen LogP contribution in [0.25, 0.3) is 0 Å². The second-order valence-electron chi connectivity index (χ2n) is 5.89. The molecule has 0 radical (unpaired) electrons. The average molecular weight is 398 g/mol. The quantitative estimate of drug-likeness (QED) is 0.689. The zero-order valence-corrected chi connectivity index (χ0v) is 15.5. The normalized spacial score (nSPS) is 21.5. The lowest BCUT2D eigenvalue weighted by molar-refractivity contribution is -0.126. The first-order valence-electron chi connectivity index (χ1n) is 7.75. The van der Waals surface area contributed by atoms with Crippen LogP contribution >= 0.6 is 35.6 Å². The van der Waals surface area contributed by atoms with Crippen LogP contribution in [0.2, 0.25) is 10.0 Å². The molecule has 0 aliphatic heterocycles. The summed E-state index contributed by atoms with van der Waals surface area (Å²) in [6.45, 7) is 0.146. The Morgan fingerprint density at radius 1 is 1.42 bits per heavy atom. The molecule has 1 amide bonds. The van der Waals surface area contributed by atoms with Crippen LogP contribution in [-0.4, -0.2) is 36.3 Å². The van der Waals surface area contributed by atoms with Crippen LogP contribution in [0.4, 0.5) is 0 Å². The second kappa shape index (κ2) is 10.3. The molecule has 0 aromatic heterocycles. The van der Waals surface area contributed by atoms with Crippen LogP contribution in [-0.2, 0) is 4.79 Å². The standard InChI is InChI=1S/C16H22Cl2N2O3.ClH/c17-13-5-2-6-14(15(13)18)23-9-12(21)8-20-16(22)10-3-1-4-11(19)7-10;/h2,5-6,10-12,21H,1,3-4,7-9,19H2,(H,20,22);1H. The number of halogens is 3. The molecule has 1 aliphatic carbocycles. The minimum Gasteiger partial charge on any atom is -0.489 e. The molecular formula is C16H23Cl3N2O3. The van der Waals surface area contributed by atoms with E-state index in [1.807, 2.05) is 0 Å². The van der Waals surface area contributed by atoms with Gasteiger partial charge in [-0.15, -0.1) is 12.4 Å². The summed E-state index contributed by atoms with van der Waals surface area (Å²) in [5.74, 6) is 0.289. The summed E-state index contributed by atoms with van der Waals surface area (Å²) in [7, 11) is 0. The number of ether oxygens (including phenoxy) is 1. The van der Waals surface area contributed by atoms with Gasteiger partial charge in [0.25, 0.3) is 0 Å². The van der Waals surface area contributed by atoms with Crippen LogP contribution in [0.1, 0.15) is 25.7 Å². The Kier molecular flexibility index (Phi) is 9.16. The van der Waals surface area contributed by atoms with Gasteiger partial charge in [0.2, 0.25) is 5.91 Å².